The first-order valence-electron chi connectivity index (χ1n) is 5.90. The summed E-state index contributed by atoms with van der Waals surface area (Å²) in [6.45, 7) is 5.01. The Morgan fingerprint density at radius 3 is 3.06 bits per heavy atom. The molecule has 0 radical (unpaired) electrons. The van der Waals surface area contributed by atoms with Gasteiger partial charge in [-0.3, -0.25) is 0 Å². The molecule has 2 heterocycles. The molecule has 0 spiro atoms. The van der Waals surface area contributed by atoms with E-state index in [9.17, 15) is 4.79 Å². The van der Waals surface area contributed by atoms with Crippen molar-refractivity contribution in [1.29, 1.82) is 0 Å². The molecule has 1 aliphatic heterocycles. The van der Waals surface area contributed by atoms with Crippen LogP contribution in [0, 0.1) is 5.92 Å². The van der Waals surface area contributed by atoms with Crippen molar-refractivity contribution in [3.63, 3.8) is 0 Å². The van der Waals surface area contributed by atoms with Crippen LogP contribution < -0.4 is 4.90 Å². The molecule has 0 saturated carbocycles. The Morgan fingerprint density at radius 1 is 1.65 bits per heavy atom. The highest BCUT2D eigenvalue weighted by Crippen LogP contribution is 2.27. The molecule has 1 fully saturated rings. The van der Waals surface area contributed by atoms with Crippen molar-refractivity contribution in [2.75, 3.05) is 11.4 Å². The van der Waals surface area contributed by atoms with Crippen molar-refractivity contribution in [3.8, 4) is 0 Å². The van der Waals surface area contributed by atoms with Crippen LogP contribution >= 0.6 is 11.5 Å². The van der Waals surface area contributed by atoms with Crippen LogP contribution in [-0.4, -0.2) is 33.0 Å². The second-order valence-corrected chi connectivity index (χ2v) is 5.51. The van der Waals surface area contributed by atoms with E-state index in [1.54, 1.807) is 0 Å². The van der Waals surface area contributed by atoms with Gasteiger partial charge in [-0.25, -0.2) is 9.78 Å². The molecule has 1 N–H and O–H groups in total. The molecule has 5 nitrogen and oxygen atoms in total. The lowest BCUT2D eigenvalue weighted by molar-refractivity contribution is -0.138. The number of rotatable bonds is 4. The van der Waals surface area contributed by atoms with Crippen LogP contribution in [0.4, 0.5) is 5.13 Å². The zero-order valence-electron chi connectivity index (χ0n) is 10.1. The third-order valence-electron chi connectivity index (χ3n) is 2.83. The average Bonchev–Trinajstić information content (AvgIpc) is 2.82. The van der Waals surface area contributed by atoms with Crippen LogP contribution in [0.1, 0.15) is 32.5 Å². The molecule has 2 rings (SSSR count). The number of aliphatic carboxylic acids is 1. The Labute approximate surface area is 105 Å². The third kappa shape index (κ3) is 2.74. The normalized spacial score (nSPS) is 20.2. The Kier molecular flexibility index (Phi) is 3.61. The van der Waals surface area contributed by atoms with Gasteiger partial charge in [0.25, 0.3) is 0 Å². The molecule has 1 aromatic heterocycles. The van der Waals surface area contributed by atoms with Crippen LogP contribution in [-0.2, 0) is 11.2 Å². The Bertz CT molecular complexity index is 405. The van der Waals surface area contributed by atoms with Gasteiger partial charge in [0, 0.05) is 24.5 Å². The highest BCUT2D eigenvalue weighted by Gasteiger charge is 2.32. The number of carboxylic acids is 1. The first-order valence-corrected chi connectivity index (χ1v) is 6.67. The number of anilines is 1. The van der Waals surface area contributed by atoms with E-state index in [1.165, 1.54) is 11.5 Å². The predicted octanol–water partition coefficient (Wildman–Crippen LogP) is 1.79. The van der Waals surface area contributed by atoms with E-state index in [-0.39, 0.29) is 0 Å². The van der Waals surface area contributed by atoms with Gasteiger partial charge in [0.2, 0.25) is 5.13 Å². The van der Waals surface area contributed by atoms with Crippen LogP contribution in [0.3, 0.4) is 0 Å². The Hall–Kier alpha value is -1.17. The number of hydrogen-bond donors (Lipinski definition) is 1. The van der Waals surface area contributed by atoms with Crippen molar-refractivity contribution >= 4 is 22.6 Å². The molecule has 0 bridgehead atoms. The van der Waals surface area contributed by atoms with Gasteiger partial charge in [-0.05, 0) is 18.8 Å². The van der Waals surface area contributed by atoms with Gasteiger partial charge in [-0.1, -0.05) is 13.8 Å². The third-order valence-corrected chi connectivity index (χ3v) is 3.62. The van der Waals surface area contributed by atoms with Gasteiger partial charge in [-0.15, -0.1) is 0 Å². The topological polar surface area (TPSA) is 66.3 Å². The second kappa shape index (κ2) is 5.00. The van der Waals surface area contributed by atoms with E-state index < -0.39 is 12.0 Å². The Balaban J connectivity index is 2.11. The van der Waals surface area contributed by atoms with Gasteiger partial charge >= 0.3 is 5.97 Å². The summed E-state index contributed by atoms with van der Waals surface area (Å²) in [5.74, 6) is 0.588. The van der Waals surface area contributed by atoms with Crippen LogP contribution in [0.2, 0.25) is 0 Å². The largest absolute Gasteiger partial charge is 0.480 e. The lowest BCUT2D eigenvalue weighted by Crippen LogP contribution is -2.35. The van der Waals surface area contributed by atoms with Crippen molar-refractivity contribution in [2.24, 2.45) is 5.92 Å². The first kappa shape index (κ1) is 12.3. The average molecular weight is 255 g/mol. The van der Waals surface area contributed by atoms with Crippen molar-refractivity contribution in [1.82, 2.24) is 9.36 Å². The monoisotopic (exact) mass is 255 g/mol. The van der Waals surface area contributed by atoms with Gasteiger partial charge < -0.3 is 10.0 Å². The van der Waals surface area contributed by atoms with Crippen molar-refractivity contribution in [2.45, 2.75) is 39.2 Å². The molecule has 94 valence electrons. The van der Waals surface area contributed by atoms with E-state index in [0.29, 0.717) is 12.3 Å². The quantitative estimate of drug-likeness (QED) is 0.888. The second-order valence-electron chi connectivity index (χ2n) is 4.78. The summed E-state index contributed by atoms with van der Waals surface area (Å²) in [6.07, 6.45) is 2.46. The molecular formula is C11H17N3O2S. The van der Waals surface area contributed by atoms with E-state index in [1.807, 2.05) is 4.90 Å². The summed E-state index contributed by atoms with van der Waals surface area (Å²) in [6, 6.07) is -0.421. The van der Waals surface area contributed by atoms with E-state index in [4.69, 9.17) is 5.11 Å². The minimum atomic E-state index is -0.761. The van der Waals surface area contributed by atoms with Gasteiger partial charge in [0.05, 0.1) is 0 Å². The fraction of sp³-hybridized carbons (Fsp3) is 0.727. The minimum Gasteiger partial charge on any atom is -0.480 e. The molecule has 1 aliphatic rings. The molecule has 1 aromatic rings. The molecule has 0 aliphatic carbocycles. The number of aromatic nitrogens is 2. The summed E-state index contributed by atoms with van der Waals surface area (Å²) in [5, 5.41) is 9.87. The molecule has 6 heteroatoms. The van der Waals surface area contributed by atoms with Crippen molar-refractivity contribution in [3.05, 3.63) is 5.82 Å². The lowest BCUT2D eigenvalue weighted by Gasteiger charge is -2.19. The van der Waals surface area contributed by atoms with Crippen molar-refractivity contribution < 1.29 is 9.90 Å². The molecule has 0 aromatic carbocycles. The molecule has 0 amide bonds. The SMILES string of the molecule is CC(C)Cc1nsc(N2CCC[C@@H]2C(=O)O)n1. The van der Waals surface area contributed by atoms with Crippen LogP contribution in [0.15, 0.2) is 0 Å². The number of carbonyl (C=O) groups is 1. The number of carboxylic acid groups (broad SMARTS) is 1. The summed E-state index contributed by atoms with van der Waals surface area (Å²) in [7, 11) is 0. The molecule has 1 saturated heterocycles. The summed E-state index contributed by atoms with van der Waals surface area (Å²) in [4.78, 5) is 17.4. The maximum absolute atomic E-state index is 11.1. The van der Waals surface area contributed by atoms with E-state index >= 15 is 0 Å². The maximum Gasteiger partial charge on any atom is 0.326 e. The van der Waals surface area contributed by atoms with Gasteiger partial charge in [0.15, 0.2) is 0 Å². The predicted molar refractivity (Wildman–Crippen MR) is 66.5 cm³/mol. The molecule has 0 unspecified atom stereocenters. The highest BCUT2D eigenvalue weighted by molar-refractivity contribution is 7.09. The summed E-state index contributed by atoms with van der Waals surface area (Å²) < 4.78 is 4.29. The highest BCUT2D eigenvalue weighted by atomic mass is 32.1. The molecule has 1 atom stereocenters. The molecule has 17 heavy (non-hydrogen) atoms. The van der Waals surface area contributed by atoms with Crippen LogP contribution in [0.5, 0.6) is 0 Å². The zero-order chi connectivity index (χ0) is 12.4. The fourth-order valence-corrected chi connectivity index (χ4v) is 2.83. The zero-order valence-corrected chi connectivity index (χ0v) is 10.9. The minimum absolute atomic E-state index is 0.421. The summed E-state index contributed by atoms with van der Waals surface area (Å²) >= 11 is 1.31. The number of nitrogens with zero attached hydrogens (tertiary/aromatic N) is 3. The van der Waals surface area contributed by atoms with Gasteiger partial charge in [0.1, 0.15) is 11.9 Å². The van der Waals surface area contributed by atoms with E-state index in [0.717, 1.165) is 30.3 Å². The number of hydrogen-bond acceptors (Lipinski definition) is 5. The standard InChI is InChI=1S/C11H17N3O2S/c1-7(2)6-9-12-11(17-13-9)14-5-3-4-8(14)10(15)16/h7-8H,3-6H2,1-2H3,(H,15,16)/t8-/m1/s1. The Morgan fingerprint density at radius 2 is 2.41 bits per heavy atom. The summed E-state index contributed by atoms with van der Waals surface area (Å²) in [5.41, 5.74) is 0. The van der Waals surface area contributed by atoms with Gasteiger partial charge in [-0.2, -0.15) is 4.37 Å². The molecular weight excluding hydrogens is 238 g/mol. The first-order chi connectivity index (χ1) is 8.08. The maximum atomic E-state index is 11.1. The van der Waals surface area contributed by atoms with E-state index in [2.05, 4.69) is 23.2 Å². The smallest absolute Gasteiger partial charge is 0.326 e. The lowest BCUT2D eigenvalue weighted by atomic mass is 10.1. The fourth-order valence-electron chi connectivity index (χ4n) is 2.06. The van der Waals surface area contributed by atoms with Crippen LogP contribution in [0.25, 0.3) is 0 Å².